The Labute approximate surface area is 117 Å². The molecule has 0 bridgehead atoms. The third-order valence-corrected chi connectivity index (χ3v) is 3.43. The Balaban J connectivity index is 1.84. The first-order valence-electron chi connectivity index (χ1n) is 6.70. The van der Waals surface area contributed by atoms with Crippen molar-refractivity contribution in [3.8, 4) is 0 Å². The molecule has 2 aromatic rings. The van der Waals surface area contributed by atoms with Crippen LogP contribution in [0.4, 0.5) is 4.39 Å². The van der Waals surface area contributed by atoms with Gasteiger partial charge < -0.3 is 4.90 Å². The topological polar surface area (TPSA) is 33.2 Å². The van der Waals surface area contributed by atoms with Crippen LogP contribution >= 0.6 is 0 Å². The third kappa shape index (κ3) is 2.69. The van der Waals surface area contributed by atoms with E-state index in [2.05, 4.69) is 4.98 Å². The van der Waals surface area contributed by atoms with Gasteiger partial charge in [-0.25, -0.2) is 4.39 Å². The summed E-state index contributed by atoms with van der Waals surface area (Å²) in [6.45, 7) is 0.478. The molecule has 1 heterocycles. The molecule has 1 saturated carbocycles. The van der Waals surface area contributed by atoms with E-state index in [9.17, 15) is 9.18 Å². The molecule has 1 fully saturated rings. The number of carbonyl (C=O) groups excluding carboxylic acids is 1. The van der Waals surface area contributed by atoms with Crippen molar-refractivity contribution in [3.05, 3.63) is 65.7 Å². The van der Waals surface area contributed by atoms with Crippen LogP contribution in [0.5, 0.6) is 0 Å². The predicted molar refractivity (Wildman–Crippen MR) is 73.5 cm³/mol. The maximum atomic E-state index is 13.8. The second-order valence-corrected chi connectivity index (χ2v) is 5.01. The lowest BCUT2D eigenvalue weighted by molar-refractivity contribution is 0.0725. The van der Waals surface area contributed by atoms with Crippen molar-refractivity contribution in [2.45, 2.75) is 25.4 Å². The van der Waals surface area contributed by atoms with Crippen LogP contribution in [0.15, 0.2) is 48.8 Å². The Morgan fingerprint density at radius 3 is 2.70 bits per heavy atom. The number of hydrogen-bond acceptors (Lipinski definition) is 2. The van der Waals surface area contributed by atoms with Gasteiger partial charge in [-0.15, -0.1) is 0 Å². The van der Waals surface area contributed by atoms with Crippen LogP contribution in [-0.2, 0) is 6.54 Å². The molecule has 1 aliphatic rings. The minimum absolute atomic E-state index is 0.142. The SMILES string of the molecule is O=C(c1ccccc1F)N(Cc1cccnc1)C1CC1. The lowest BCUT2D eigenvalue weighted by Crippen LogP contribution is -2.33. The second kappa shape index (κ2) is 5.41. The van der Waals surface area contributed by atoms with E-state index in [1.807, 2.05) is 12.1 Å². The van der Waals surface area contributed by atoms with E-state index in [-0.39, 0.29) is 17.5 Å². The highest BCUT2D eigenvalue weighted by Gasteiger charge is 2.33. The molecule has 0 radical (unpaired) electrons. The summed E-state index contributed by atoms with van der Waals surface area (Å²) in [7, 11) is 0. The molecule has 0 N–H and O–H groups in total. The summed E-state index contributed by atoms with van der Waals surface area (Å²) < 4.78 is 13.8. The van der Waals surface area contributed by atoms with Gasteiger partial charge in [0.25, 0.3) is 5.91 Å². The third-order valence-electron chi connectivity index (χ3n) is 3.43. The van der Waals surface area contributed by atoms with Gasteiger partial charge in [0.05, 0.1) is 5.56 Å². The van der Waals surface area contributed by atoms with Gasteiger partial charge in [0.2, 0.25) is 0 Å². The summed E-state index contributed by atoms with van der Waals surface area (Å²) in [5.74, 6) is -0.705. The molecule has 0 atom stereocenters. The Bertz CT molecular complexity index is 611. The molecule has 1 aliphatic carbocycles. The van der Waals surface area contributed by atoms with E-state index < -0.39 is 5.82 Å². The molecule has 0 saturated heterocycles. The Morgan fingerprint density at radius 1 is 1.25 bits per heavy atom. The van der Waals surface area contributed by atoms with E-state index >= 15 is 0 Å². The summed E-state index contributed by atoms with van der Waals surface area (Å²) in [6.07, 6.45) is 5.41. The fourth-order valence-corrected chi connectivity index (χ4v) is 2.23. The standard InChI is InChI=1S/C16H15FN2O/c17-15-6-2-1-5-14(15)16(20)19(13-7-8-13)11-12-4-3-9-18-10-12/h1-6,9-10,13H,7-8,11H2. The Morgan fingerprint density at radius 2 is 2.05 bits per heavy atom. The van der Waals surface area contributed by atoms with Crippen molar-refractivity contribution in [1.82, 2.24) is 9.88 Å². The average Bonchev–Trinajstić information content (AvgIpc) is 3.30. The molecule has 3 rings (SSSR count). The number of carbonyl (C=O) groups is 1. The lowest BCUT2D eigenvalue weighted by Gasteiger charge is -2.22. The van der Waals surface area contributed by atoms with Gasteiger partial charge in [0, 0.05) is 25.0 Å². The molecule has 20 heavy (non-hydrogen) atoms. The highest BCUT2D eigenvalue weighted by Crippen LogP contribution is 2.30. The molecular formula is C16H15FN2O. The summed E-state index contributed by atoms with van der Waals surface area (Å²) in [5.41, 5.74) is 1.10. The normalized spacial score (nSPS) is 14.1. The number of nitrogens with zero attached hydrogens (tertiary/aromatic N) is 2. The molecule has 3 nitrogen and oxygen atoms in total. The molecule has 0 aliphatic heterocycles. The van der Waals surface area contributed by atoms with E-state index in [0.717, 1.165) is 18.4 Å². The van der Waals surface area contributed by atoms with Crippen LogP contribution in [0.2, 0.25) is 0 Å². The monoisotopic (exact) mass is 270 g/mol. The maximum Gasteiger partial charge on any atom is 0.257 e. The first-order chi connectivity index (χ1) is 9.75. The van der Waals surface area contributed by atoms with Gasteiger partial charge in [-0.1, -0.05) is 18.2 Å². The molecule has 102 valence electrons. The summed E-state index contributed by atoms with van der Waals surface area (Å²) in [4.78, 5) is 18.3. The van der Waals surface area contributed by atoms with E-state index in [1.54, 1.807) is 29.4 Å². The number of benzene rings is 1. The van der Waals surface area contributed by atoms with E-state index in [4.69, 9.17) is 0 Å². The van der Waals surface area contributed by atoms with Crippen LogP contribution in [-0.4, -0.2) is 21.8 Å². The van der Waals surface area contributed by atoms with Crippen molar-refractivity contribution >= 4 is 5.91 Å². The molecule has 1 aromatic heterocycles. The molecular weight excluding hydrogens is 255 g/mol. The van der Waals surface area contributed by atoms with Gasteiger partial charge in [-0.05, 0) is 36.6 Å². The number of amides is 1. The molecule has 1 amide bonds. The van der Waals surface area contributed by atoms with Gasteiger partial charge in [0.1, 0.15) is 5.82 Å². The van der Waals surface area contributed by atoms with Crippen molar-refractivity contribution in [2.24, 2.45) is 0 Å². The van der Waals surface area contributed by atoms with Gasteiger partial charge in [-0.3, -0.25) is 9.78 Å². The molecule has 4 heteroatoms. The van der Waals surface area contributed by atoms with Crippen LogP contribution < -0.4 is 0 Å². The number of hydrogen-bond donors (Lipinski definition) is 0. The summed E-state index contributed by atoms with van der Waals surface area (Å²) >= 11 is 0. The zero-order chi connectivity index (χ0) is 13.9. The minimum atomic E-state index is -0.464. The maximum absolute atomic E-state index is 13.8. The number of halogens is 1. The molecule has 0 spiro atoms. The highest BCUT2D eigenvalue weighted by molar-refractivity contribution is 5.94. The Kier molecular flexibility index (Phi) is 3.46. The fourth-order valence-electron chi connectivity index (χ4n) is 2.23. The summed E-state index contributed by atoms with van der Waals surface area (Å²) in [6, 6.07) is 10.1. The first kappa shape index (κ1) is 12.8. The smallest absolute Gasteiger partial charge is 0.257 e. The zero-order valence-corrected chi connectivity index (χ0v) is 11.0. The zero-order valence-electron chi connectivity index (χ0n) is 11.0. The van der Waals surface area contributed by atoms with Crippen LogP contribution in [0.1, 0.15) is 28.8 Å². The van der Waals surface area contributed by atoms with Crippen LogP contribution in [0, 0.1) is 5.82 Å². The highest BCUT2D eigenvalue weighted by atomic mass is 19.1. The van der Waals surface area contributed by atoms with E-state index in [0.29, 0.717) is 6.54 Å². The first-order valence-corrected chi connectivity index (χ1v) is 6.70. The second-order valence-electron chi connectivity index (χ2n) is 5.01. The lowest BCUT2D eigenvalue weighted by atomic mass is 10.1. The van der Waals surface area contributed by atoms with Crippen LogP contribution in [0.25, 0.3) is 0 Å². The summed E-state index contributed by atoms with van der Waals surface area (Å²) in [5, 5.41) is 0. The van der Waals surface area contributed by atoms with Gasteiger partial charge in [0.15, 0.2) is 0 Å². The molecule has 1 aromatic carbocycles. The molecule has 0 unspecified atom stereocenters. The van der Waals surface area contributed by atoms with Crippen molar-refractivity contribution in [3.63, 3.8) is 0 Å². The number of aromatic nitrogens is 1. The fraction of sp³-hybridized carbons (Fsp3) is 0.250. The van der Waals surface area contributed by atoms with Crippen molar-refractivity contribution in [2.75, 3.05) is 0 Å². The van der Waals surface area contributed by atoms with Crippen molar-refractivity contribution in [1.29, 1.82) is 0 Å². The number of pyridine rings is 1. The quantitative estimate of drug-likeness (QED) is 0.855. The number of rotatable bonds is 4. The van der Waals surface area contributed by atoms with Crippen LogP contribution in [0.3, 0.4) is 0 Å². The van der Waals surface area contributed by atoms with Crippen molar-refractivity contribution < 1.29 is 9.18 Å². The van der Waals surface area contributed by atoms with Gasteiger partial charge in [-0.2, -0.15) is 0 Å². The Hall–Kier alpha value is -2.23. The van der Waals surface area contributed by atoms with E-state index in [1.165, 1.54) is 12.1 Å². The minimum Gasteiger partial charge on any atom is -0.331 e. The largest absolute Gasteiger partial charge is 0.331 e. The van der Waals surface area contributed by atoms with Gasteiger partial charge >= 0.3 is 0 Å². The predicted octanol–water partition coefficient (Wildman–Crippen LogP) is 3.03. The average molecular weight is 270 g/mol.